The number of carbonyl (C=O) groups excluding carboxylic acids is 1. The smallest absolute Gasteiger partial charge is 0.160 e. The van der Waals surface area contributed by atoms with Gasteiger partial charge in [-0.25, -0.2) is 0 Å². The third-order valence-corrected chi connectivity index (χ3v) is 4.40. The number of ketones is 1. The summed E-state index contributed by atoms with van der Waals surface area (Å²) in [4.78, 5) is 13.7. The first-order valence-electron chi connectivity index (χ1n) is 5.30. The van der Waals surface area contributed by atoms with E-state index < -0.39 is 0 Å². The van der Waals surface area contributed by atoms with Crippen molar-refractivity contribution in [2.45, 2.75) is 16.7 Å². The van der Waals surface area contributed by atoms with Crippen LogP contribution in [0.25, 0.3) is 0 Å². The highest BCUT2D eigenvalue weighted by Gasteiger charge is 2.09. The first-order valence-corrected chi connectivity index (χ1v) is 7.70. The Morgan fingerprint density at radius 2 is 1.78 bits per heavy atom. The lowest BCUT2D eigenvalue weighted by molar-refractivity contribution is 0.101. The number of hydrogen-bond donors (Lipinski definition) is 0. The number of carbonyl (C=O) groups is 1. The Balaban J connectivity index is 2.37. The van der Waals surface area contributed by atoms with Crippen LogP contribution in [0.3, 0.4) is 0 Å². The normalized spacial score (nSPS) is 10.4. The third-order valence-electron chi connectivity index (χ3n) is 2.34. The van der Waals surface area contributed by atoms with E-state index in [1.54, 1.807) is 18.7 Å². The molecule has 0 aromatic heterocycles. The molecular weight excluding hydrogens is 376 g/mol. The van der Waals surface area contributed by atoms with E-state index in [1.807, 2.05) is 42.5 Å². The van der Waals surface area contributed by atoms with Crippen LogP contribution < -0.4 is 0 Å². The van der Waals surface area contributed by atoms with Gasteiger partial charge in [0.2, 0.25) is 0 Å². The zero-order chi connectivity index (χ0) is 13.1. The van der Waals surface area contributed by atoms with E-state index in [1.165, 1.54) is 0 Å². The van der Waals surface area contributed by atoms with Crippen LogP contribution in [0.2, 0.25) is 0 Å². The van der Waals surface area contributed by atoms with Crippen molar-refractivity contribution in [1.29, 1.82) is 0 Å². The van der Waals surface area contributed by atoms with Crippen molar-refractivity contribution in [3.05, 3.63) is 57.0 Å². The lowest BCUT2D eigenvalue weighted by Crippen LogP contribution is -1.94. The average Bonchev–Trinajstić information content (AvgIpc) is 2.31. The van der Waals surface area contributed by atoms with Crippen LogP contribution in [0.4, 0.5) is 0 Å². The number of rotatable bonds is 3. The largest absolute Gasteiger partial charge is 0.294 e. The zero-order valence-electron chi connectivity index (χ0n) is 9.61. The number of Topliss-reactive ketones (excluding diaryl/α,β-unsaturated/α-hetero) is 1. The summed E-state index contributed by atoms with van der Waals surface area (Å²) in [6.07, 6.45) is 0. The van der Waals surface area contributed by atoms with E-state index in [0.717, 1.165) is 24.3 Å². The number of halogens is 2. The molecule has 2 rings (SSSR count). The standard InChI is InChI=1S/C14H10Br2OS/c1-9(17)13-8-11(16)5-6-14(13)18-12-4-2-3-10(15)7-12/h2-8H,1H3. The monoisotopic (exact) mass is 384 g/mol. The fourth-order valence-electron chi connectivity index (χ4n) is 1.52. The zero-order valence-corrected chi connectivity index (χ0v) is 13.6. The predicted molar refractivity (Wildman–Crippen MR) is 82.4 cm³/mol. The second-order valence-corrected chi connectivity index (χ2v) is 6.70. The summed E-state index contributed by atoms with van der Waals surface area (Å²) < 4.78 is 1.96. The lowest BCUT2D eigenvalue weighted by atomic mass is 10.1. The minimum atomic E-state index is 0.0776. The van der Waals surface area contributed by atoms with Crippen molar-refractivity contribution in [1.82, 2.24) is 0 Å². The van der Waals surface area contributed by atoms with Gasteiger partial charge in [0.25, 0.3) is 0 Å². The molecule has 0 spiro atoms. The maximum atomic E-state index is 11.6. The Morgan fingerprint density at radius 3 is 2.44 bits per heavy atom. The van der Waals surface area contributed by atoms with E-state index in [9.17, 15) is 4.79 Å². The second kappa shape index (κ2) is 6.04. The highest BCUT2D eigenvalue weighted by atomic mass is 79.9. The van der Waals surface area contributed by atoms with Gasteiger partial charge in [-0.2, -0.15) is 0 Å². The van der Waals surface area contributed by atoms with E-state index in [0.29, 0.717) is 0 Å². The van der Waals surface area contributed by atoms with Gasteiger partial charge < -0.3 is 0 Å². The van der Waals surface area contributed by atoms with E-state index in [2.05, 4.69) is 31.9 Å². The quantitative estimate of drug-likeness (QED) is 0.642. The molecule has 0 aliphatic rings. The molecule has 0 saturated carbocycles. The molecule has 2 aromatic rings. The Morgan fingerprint density at radius 1 is 1.06 bits per heavy atom. The van der Waals surface area contributed by atoms with Gasteiger partial charge in [-0.1, -0.05) is 49.7 Å². The van der Waals surface area contributed by atoms with Crippen LogP contribution in [0.5, 0.6) is 0 Å². The maximum absolute atomic E-state index is 11.6. The molecular formula is C14H10Br2OS. The third kappa shape index (κ3) is 3.46. The minimum absolute atomic E-state index is 0.0776. The molecule has 4 heteroatoms. The molecule has 0 fully saturated rings. The summed E-state index contributed by atoms with van der Waals surface area (Å²) in [5, 5.41) is 0. The Bertz CT molecular complexity index is 596. The van der Waals surface area contributed by atoms with Gasteiger partial charge in [-0.05, 0) is 43.3 Å². The second-order valence-electron chi connectivity index (χ2n) is 3.76. The van der Waals surface area contributed by atoms with Gasteiger partial charge >= 0.3 is 0 Å². The minimum Gasteiger partial charge on any atom is -0.294 e. The van der Waals surface area contributed by atoms with Crippen molar-refractivity contribution in [2.24, 2.45) is 0 Å². The van der Waals surface area contributed by atoms with Crippen LogP contribution in [0, 0.1) is 0 Å². The molecule has 18 heavy (non-hydrogen) atoms. The molecule has 92 valence electrons. The molecule has 2 aromatic carbocycles. The van der Waals surface area contributed by atoms with Crippen molar-refractivity contribution >= 4 is 49.4 Å². The number of hydrogen-bond acceptors (Lipinski definition) is 2. The van der Waals surface area contributed by atoms with E-state index >= 15 is 0 Å². The molecule has 0 radical (unpaired) electrons. The van der Waals surface area contributed by atoms with Gasteiger partial charge in [0, 0.05) is 24.3 Å². The molecule has 0 heterocycles. The van der Waals surface area contributed by atoms with Crippen LogP contribution in [-0.2, 0) is 0 Å². The number of benzene rings is 2. The molecule has 0 bridgehead atoms. The Labute approximate surface area is 127 Å². The highest BCUT2D eigenvalue weighted by Crippen LogP contribution is 2.33. The van der Waals surface area contributed by atoms with Gasteiger partial charge in [0.05, 0.1) is 0 Å². The van der Waals surface area contributed by atoms with Crippen molar-refractivity contribution in [3.63, 3.8) is 0 Å². The fourth-order valence-corrected chi connectivity index (χ4v) is 3.47. The highest BCUT2D eigenvalue weighted by molar-refractivity contribution is 9.10. The summed E-state index contributed by atoms with van der Waals surface area (Å²) in [5.41, 5.74) is 0.745. The molecule has 0 aliphatic carbocycles. The Hall–Kier alpha value is -0.580. The molecule has 1 nitrogen and oxygen atoms in total. The van der Waals surface area contributed by atoms with Crippen molar-refractivity contribution < 1.29 is 4.79 Å². The van der Waals surface area contributed by atoms with E-state index in [-0.39, 0.29) is 5.78 Å². The molecule has 0 atom stereocenters. The molecule has 0 N–H and O–H groups in total. The van der Waals surface area contributed by atoms with Crippen LogP contribution in [-0.4, -0.2) is 5.78 Å². The first-order chi connectivity index (χ1) is 8.56. The molecule has 0 saturated heterocycles. The van der Waals surface area contributed by atoms with E-state index in [4.69, 9.17) is 0 Å². The van der Waals surface area contributed by atoms with Crippen LogP contribution in [0.1, 0.15) is 17.3 Å². The SMILES string of the molecule is CC(=O)c1cc(Br)ccc1Sc1cccc(Br)c1. The van der Waals surface area contributed by atoms with Crippen molar-refractivity contribution in [2.75, 3.05) is 0 Å². The topological polar surface area (TPSA) is 17.1 Å². The lowest BCUT2D eigenvalue weighted by Gasteiger charge is -2.07. The predicted octanol–water partition coefficient (Wildman–Crippen LogP) is 5.57. The molecule has 0 unspecified atom stereocenters. The summed E-state index contributed by atoms with van der Waals surface area (Å²) in [6.45, 7) is 1.59. The van der Waals surface area contributed by atoms with Crippen LogP contribution >= 0.6 is 43.6 Å². The van der Waals surface area contributed by atoms with Gasteiger partial charge in [0.1, 0.15) is 0 Å². The Kier molecular flexibility index (Phi) is 4.65. The maximum Gasteiger partial charge on any atom is 0.160 e. The summed E-state index contributed by atoms with van der Waals surface area (Å²) >= 11 is 8.43. The molecule has 0 aliphatic heterocycles. The summed E-state index contributed by atoms with van der Waals surface area (Å²) in [6, 6.07) is 13.8. The first kappa shape index (κ1) is 13.8. The average molecular weight is 386 g/mol. The van der Waals surface area contributed by atoms with Crippen LogP contribution in [0.15, 0.2) is 61.2 Å². The van der Waals surface area contributed by atoms with Gasteiger partial charge in [0.15, 0.2) is 5.78 Å². The fraction of sp³-hybridized carbons (Fsp3) is 0.0714. The van der Waals surface area contributed by atoms with Gasteiger partial charge in [-0.3, -0.25) is 4.79 Å². The van der Waals surface area contributed by atoms with Crippen molar-refractivity contribution in [3.8, 4) is 0 Å². The van der Waals surface area contributed by atoms with Gasteiger partial charge in [-0.15, -0.1) is 0 Å². The summed E-state index contributed by atoms with van der Waals surface area (Å²) in [5.74, 6) is 0.0776. The molecule has 0 amide bonds. The summed E-state index contributed by atoms with van der Waals surface area (Å²) in [7, 11) is 0.